The Kier molecular flexibility index (Phi) is 3.50. The van der Waals surface area contributed by atoms with Crippen molar-refractivity contribution < 1.29 is 4.42 Å². The van der Waals surface area contributed by atoms with Gasteiger partial charge in [0.2, 0.25) is 5.95 Å². The summed E-state index contributed by atoms with van der Waals surface area (Å²) in [6, 6.07) is 4.37. The monoisotopic (exact) mass is 261 g/mol. The molecule has 2 aromatic rings. The molecule has 1 aliphatic heterocycles. The molecule has 3 heterocycles. The molecule has 0 radical (unpaired) electrons. The highest BCUT2D eigenvalue weighted by molar-refractivity contribution is 5.30. The van der Waals surface area contributed by atoms with E-state index in [9.17, 15) is 0 Å². The van der Waals surface area contributed by atoms with E-state index in [1.54, 1.807) is 6.26 Å². The molecule has 0 saturated carbocycles. The van der Waals surface area contributed by atoms with Crippen LogP contribution in [0.5, 0.6) is 0 Å². The van der Waals surface area contributed by atoms with Gasteiger partial charge in [-0.2, -0.15) is 4.98 Å². The van der Waals surface area contributed by atoms with Crippen LogP contribution in [0.2, 0.25) is 0 Å². The van der Waals surface area contributed by atoms with Crippen molar-refractivity contribution in [3.8, 4) is 0 Å². The Balaban J connectivity index is 1.59. The fraction of sp³-hybridized carbons (Fsp3) is 0.538. The highest BCUT2D eigenvalue weighted by atomic mass is 16.3. The number of aromatic amines is 1. The zero-order valence-corrected chi connectivity index (χ0v) is 11.1. The average Bonchev–Trinajstić information content (AvgIpc) is 3.08. The Hall–Kier alpha value is -1.82. The van der Waals surface area contributed by atoms with Crippen molar-refractivity contribution in [2.45, 2.75) is 25.8 Å². The highest BCUT2D eigenvalue weighted by Gasteiger charge is 2.19. The summed E-state index contributed by atoms with van der Waals surface area (Å²) in [6.45, 7) is 5.07. The van der Waals surface area contributed by atoms with Gasteiger partial charge in [0.1, 0.15) is 11.6 Å². The number of hydrogen-bond acceptors (Lipinski definition) is 5. The predicted octanol–water partition coefficient (Wildman–Crippen LogP) is 0.981. The van der Waals surface area contributed by atoms with E-state index in [0.717, 1.165) is 50.0 Å². The molecule has 0 aliphatic carbocycles. The minimum absolute atomic E-state index is 0.485. The molecule has 0 unspecified atom stereocenters. The molecule has 19 heavy (non-hydrogen) atoms. The normalized spacial score (nSPS) is 19.8. The number of furan rings is 1. The van der Waals surface area contributed by atoms with E-state index in [4.69, 9.17) is 4.42 Å². The Morgan fingerprint density at radius 3 is 3.21 bits per heavy atom. The number of aromatic nitrogens is 3. The number of anilines is 1. The molecule has 0 bridgehead atoms. The number of nitrogens with zero attached hydrogens (tertiary/aromatic N) is 3. The number of aryl methyl sites for hydroxylation is 2. The SMILES string of the molecule is C[C@@H]1CN(c2n[nH]c(CCc3ccco3)n2)CCN1. The van der Waals surface area contributed by atoms with Crippen molar-refractivity contribution in [3.63, 3.8) is 0 Å². The maximum atomic E-state index is 5.31. The van der Waals surface area contributed by atoms with Gasteiger partial charge in [-0.05, 0) is 19.1 Å². The van der Waals surface area contributed by atoms with Crippen LogP contribution < -0.4 is 10.2 Å². The van der Waals surface area contributed by atoms with Crippen LogP contribution >= 0.6 is 0 Å². The molecule has 2 N–H and O–H groups in total. The Morgan fingerprint density at radius 2 is 2.42 bits per heavy atom. The molecule has 2 aromatic heterocycles. The van der Waals surface area contributed by atoms with Gasteiger partial charge in [0.05, 0.1) is 6.26 Å². The van der Waals surface area contributed by atoms with E-state index >= 15 is 0 Å². The zero-order valence-electron chi connectivity index (χ0n) is 11.1. The van der Waals surface area contributed by atoms with Crippen molar-refractivity contribution in [2.24, 2.45) is 0 Å². The van der Waals surface area contributed by atoms with E-state index in [-0.39, 0.29) is 0 Å². The van der Waals surface area contributed by atoms with Crippen LogP contribution in [0.3, 0.4) is 0 Å². The Bertz CT molecular complexity index is 507. The van der Waals surface area contributed by atoms with Crippen LogP contribution in [0.25, 0.3) is 0 Å². The fourth-order valence-electron chi connectivity index (χ4n) is 2.35. The molecule has 1 atom stereocenters. The van der Waals surface area contributed by atoms with Crippen molar-refractivity contribution in [1.29, 1.82) is 0 Å². The topological polar surface area (TPSA) is 70.0 Å². The first-order chi connectivity index (χ1) is 9.31. The van der Waals surface area contributed by atoms with Crippen LogP contribution in [-0.2, 0) is 12.8 Å². The Morgan fingerprint density at radius 1 is 1.47 bits per heavy atom. The summed E-state index contributed by atoms with van der Waals surface area (Å²) >= 11 is 0. The van der Waals surface area contributed by atoms with Gasteiger partial charge in [-0.25, -0.2) is 0 Å². The summed E-state index contributed by atoms with van der Waals surface area (Å²) in [5.74, 6) is 2.70. The summed E-state index contributed by atoms with van der Waals surface area (Å²) < 4.78 is 5.31. The second kappa shape index (κ2) is 5.44. The highest BCUT2D eigenvalue weighted by Crippen LogP contribution is 2.11. The second-order valence-electron chi connectivity index (χ2n) is 4.96. The maximum Gasteiger partial charge on any atom is 0.244 e. The lowest BCUT2D eigenvalue weighted by molar-refractivity contribution is 0.479. The van der Waals surface area contributed by atoms with Crippen LogP contribution in [-0.4, -0.2) is 40.9 Å². The Labute approximate surface area is 112 Å². The van der Waals surface area contributed by atoms with Crippen molar-refractivity contribution >= 4 is 5.95 Å². The first kappa shape index (κ1) is 12.2. The summed E-state index contributed by atoms with van der Waals surface area (Å²) in [5, 5.41) is 10.7. The first-order valence-corrected chi connectivity index (χ1v) is 6.73. The molecule has 1 fully saturated rings. The van der Waals surface area contributed by atoms with Gasteiger partial charge in [0.15, 0.2) is 0 Å². The number of H-pyrrole nitrogens is 1. The van der Waals surface area contributed by atoms with Crippen LogP contribution in [0.15, 0.2) is 22.8 Å². The van der Waals surface area contributed by atoms with Gasteiger partial charge in [-0.15, -0.1) is 5.10 Å². The number of rotatable bonds is 4. The molecule has 1 aliphatic rings. The molecule has 3 rings (SSSR count). The number of piperazine rings is 1. The first-order valence-electron chi connectivity index (χ1n) is 6.73. The van der Waals surface area contributed by atoms with Crippen molar-refractivity contribution in [3.05, 3.63) is 30.0 Å². The van der Waals surface area contributed by atoms with E-state index in [2.05, 4.69) is 32.3 Å². The van der Waals surface area contributed by atoms with Gasteiger partial charge in [-0.3, -0.25) is 5.10 Å². The molecular formula is C13H19N5O. The lowest BCUT2D eigenvalue weighted by atomic mass is 10.2. The third-order valence-electron chi connectivity index (χ3n) is 3.36. The largest absolute Gasteiger partial charge is 0.469 e. The minimum atomic E-state index is 0.485. The van der Waals surface area contributed by atoms with E-state index < -0.39 is 0 Å². The molecule has 0 amide bonds. The molecular weight excluding hydrogens is 242 g/mol. The van der Waals surface area contributed by atoms with Crippen LogP contribution in [0.1, 0.15) is 18.5 Å². The van der Waals surface area contributed by atoms with Gasteiger partial charge in [0, 0.05) is 38.5 Å². The summed E-state index contributed by atoms with van der Waals surface area (Å²) in [7, 11) is 0. The lowest BCUT2D eigenvalue weighted by Gasteiger charge is -2.30. The van der Waals surface area contributed by atoms with Crippen LogP contribution in [0.4, 0.5) is 5.95 Å². The van der Waals surface area contributed by atoms with E-state index in [1.807, 2.05) is 12.1 Å². The van der Waals surface area contributed by atoms with E-state index in [1.165, 1.54) is 0 Å². The van der Waals surface area contributed by atoms with E-state index in [0.29, 0.717) is 6.04 Å². The molecule has 0 spiro atoms. The molecule has 102 valence electrons. The smallest absolute Gasteiger partial charge is 0.244 e. The average molecular weight is 261 g/mol. The molecule has 6 nitrogen and oxygen atoms in total. The van der Waals surface area contributed by atoms with Crippen molar-refractivity contribution in [2.75, 3.05) is 24.5 Å². The molecule has 0 aromatic carbocycles. The van der Waals surface area contributed by atoms with Gasteiger partial charge >= 0.3 is 0 Å². The van der Waals surface area contributed by atoms with Crippen molar-refractivity contribution in [1.82, 2.24) is 20.5 Å². The maximum absolute atomic E-state index is 5.31. The second-order valence-corrected chi connectivity index (χ2v) is 4.96. The molecule has 6 heteroatoms. The number of nitrogens with one attached hydrogen (secondary N) is 2. The quantitative estimate of drug-likeness (QED) is 0.858. The lowest BCUT2D eigenvalue weighted by Crippen LogP contribution is -2.49. The minimum Gasteiger partial charge on any atom is -0.469 e. The predicted molar refractivity (Wildman–Crippen MR) is 72.2 cm³/mol. The van der Waals surface area contributed by atoms with Gasteiger partial charge < -0.3 is 14.6 Å². The fourth-order valence-corrected chi connectivity index (χ4v) is 2.35. The van der Waals surface area contributed by atoms with Gasteiger partial charge in [-0.1, -0.05) is 0 Å². The summed E-state index contributed by atoms with van der Waals surface area (Å²) in [6.07, 6.45) is 3.37. The summed E-state index contributed by atoms with van der Waals surface area (Å²) in [4.78, 5) is 6.77. The van der Waals surface area contributed by atoms with Gasteiger partial charge in [0.25, 0.3) is 0 Å². The third kappa shape index (κ3) is 2.96. The zero-order chi connectivity index (χ0) is 13.1. The molecule has 1 saturated heterocycles. The van der Waals surface area contributed by atoms with Crippen LogP contribution in [0, 0.1) is 0 Å². The summed E-state index contributed by atoms with van der Waals surface area (Å²) in [5.41, 5.74) is 0. The standard InChI is InChI=1S/C13H19N5O/c1-10-9-18(7-6-14-10)13-15-12(16-17-13)5-4-11-3-2-8-19-11/h2-3,8,10,14H,4-7,9H2,1H3,(H,15,16,17)/t10-/m1/s1. The number of hydrogen-bond donors (Lipinski definition) is 2. The third-order valence-corrected chi connectivity index (χ3v) is 3.36.